The van der Waals surface area contributed by atoms with E-state index in [0.717, 1.165) is 5.69 Å². The van der Waals surface area contributed by atoms with Gasteiger partial charge in [-0.2, -0.15) is 0 Å². The molecule has 2 aromatic heterocycles. The highest BCUT2D eigenvalue weighted by Gasteiger charge is 2.30. The van der Waals surface area contributed by atoms with Crippen molar-refractivity contribution in [2.45, 2.75) is 11.8 Å². The van der Waals surface area contributed by atoms with E-state index in [-0.39, 0.29) is 16.1 Å². The summed E-state index contributed by atoms with van der Waals surface area (Å²) in [4.78, 5) is 17.6. The standard InChI is InChI=1S/C27H21N3O3S/c1-20-17-25-24(19-28-20)26(31)18-27(29(25)21-11-5-2-6-12-21)30(22-13-7-3-8-14-22)34(32,33)23-15-9-4-10-16-23/h2-19H,1H3. The van der Waals surface area contributed by atoms with Crippen molar-refractivity contribution in [2.24, 2.45) is 0 Å². The van der Waals surface area contributed by atoms with Crippen LogP contribution in [0.4, 0.5) is 11.5 Å². The van der Waals surface area contributed by atoms with Gasteiger partial charge in [0, 0.05) is 23.6 Å². The third kappa shape index (κ3) is 3.76. The topological polar surface area (TPSA) is 72.3 Å². The normalized spacial score (nSPS) is 11.4. The number of aryl methyl sites for hydroxylation is 1. The Kier molecular flexibility index (Phi) is 5.47. The highest BCUT2D eigenvalue weighted by Crippen LogP contribution is 2.35. The molecule has 0 aliphatic rings. The van der Waals surface area contributed by atoms with Crippen LogP contribution in [0.1, 0.15) is 5.69 Å². The van der Waals surface area contributed by atoms with Crippen LogP contribution in [0.25, 0.3) is 16.6 Å². The van der Waals surface area contributed by atoms with Crippen molar-refractivity contribution in [3.8, 4) is 5.69 Å². The van der Waals surface area contributed by atoms with Crippen molar-refractivity contribution in [2.75, 3.05) is 4.31 Å². The second-order valence-electron chi connectivity index (χ2n) is 7.80. The Morgan fingerprint density at radius 2 is 1.38 bits per heavy atom. The van der Waals surface area contributed by atoms with Gasteiger partial charge >= 0.3 is 0 Å². The Morgan fingerprint density at radius 3 is 2.03 bits per heavy atom. The average molecular weight is 468 g/mol. The molecule has 0 aliphatic carbocycles. The fourth-order valence-electron chi connectivity index (χ4n) is 3.96. The predicted octanol–water partition coefficient (Wildman–Crippen LogP) is 5.22. The maximum Gasteiger partial charge on any atom is 0.269 e. The Hall–Kier alpha value is -4.23. The number of benzene rings is 3. The summed E-state index contributed by atoms with van der Waals surface area (Å²) in [5, 5.41) is 0.406. The molecule has 0 fully saturated rings. The van der Waals surface area contributed by atoms with E-state index in [1.54, 1.807) is 65.2 Å². The molecule has 0 unspecified atom stereocenters. The third-order valence-corrected chi connectivity index (χ3v) is 7.26. The van der Waals surface area contributed by atoms with Crippen molar-refractivity contribution < 1.29 is 8.42 Å². The fourth-order valence-corrected chi connectivity index (χ4v) is 5.45. The van der Waals surface area contributed by atoms with Gasteiger partial charge in [0.1, 0.15) is 5.82 Å². The van der Waals surface area contributed by atoms with Crippen molar-refractivity contribution in [3.63, 3.8) is 0 Å². The minimum atomic E-state index is -4.08. The summed E-state index contributed by atoms with van der Waals surface area (Å²) in [6.45, 7) is 1.83. The zero-order valence-corrected chi connectivity index (χ0v) is 19.2. The molecule has 5 rings (SSSR count). The van der Waals surface area contributed by atoms with Crippen LogP contribution in [0.15, 0.2) is 119 Å². The predicted molar refractivity (Wildman–Crippen MR) is 134 cm³/mol. The lowest BCUT2D eigenvalue weighted by atomic mass is 10.2. The van der Waals surface area contributed by atoms with Crippen LogP contribution in [-0.2, 0) is 10.0 Å². The van der Waals surface area contributed by atoms with Crippen LogP contribution in [0.2, 0.25) is 0 Å². The van der Waals surface area contributed by atoms with Gasteiger partial charge in [-0.05, 0) is 49.4 Å². The summed E-state index contributed by atoms with van der Waals surface area (Å²) in [5.74, 6) is 0.212. The van der Waals surface area contributed by atoms with E-state index in [4.69, 9.17) is 0 Å². The second kappa shape index (κ2) is 8.61. The van der Waals surface area contributed by atoms with E-state index >= 15 is 0 Å². The SMILES string of the molecule is Cc1cc2c(cn1)c(=O)cc(N(c1ccccc1)S(=O)(=O)c1ccccc1)n2-c1ccccc1. The number of anilines is 2. The molecule has 34 heavy (non-hydrogen) atoms. The lowest BCUT2D eigenvalue weighted by Crippen LogP contribution is -2.30. The van der Waals surface area contributed by atoms with Gasteiger partial charge in [-0.1, -0.05) is 54.6 Å². The number of para-hydroxylation sites is 2. The quantitative estimate of drug-likeness (QED) is 0.355. The lowest BCUT2D eigenvalue weighted by molar-refractivity contribution is 0.595. The first-order chi connectivity index (χ1) is 16.5. The van der Waals surface area contributed by atoms with E-state index in [1.807, 2.05) is 43.3 Å². The molecule has 0 amide bonds. The number of pyridine rings is 2. The number of aromatic nitrogens is 2. The molecule has 0 atom stereocenters. The Balaban J connectivity index is 1.93. The number of hydrogen-bond acceptors (Lipinski definition) is 4. The van der Waals surface area contributed by atoms with E-state index < -0.39 is 10.0 Å². The van der Waals surface area contributed by atoms with Gasteiger partial charge in [0.05, 0.1) is 21.5 Å². The summed E-state index contributed by atoms with van der Waals surface area (Å²) in [5.41, 5.74) is 2.11. The maximum atomic E-state index is 14.0. The minimum absolute atomic E-state index is 0.122. The Morgan fingerprint density at radius 1 is 0.794 bits per heavy atom. The molecule has 6 nitrogen and oxygen atoms in total. The first-order valence-corrected chi connectivity index (χ1v) is 12.1. The van der Waals surface area contributed by atoms with Gasteiger partial charge < -0.3 is 0 Å². The van der Waals surface area contributed by atoms with Crippen LogP contribution in [0.3, 0.4) is 0 Å². The zero-order chi connectivity index (χ0) is 23.7. The molecule has 7 heteroatoms. The molecule has 0 aliphatic heterocycles. The van der Waals surface area contributed by atoms with Gasteiger partial charge in [0.25, 0.3) is 10.0 Å². The fraction of sp³-hybridized carbons (Fsp3) is 0.0370. The highest BCUT2D eigenvalue weighted by molar-refractivity contribution is 7.93. The Bertz CT molecular complexity index is 1630. The van der Waals surface area contributed by atoms with E-state index in [1.165, 1.54) is 16.6 Å². The maximum absolute atomic E-state index is 14.0. The number of nitrogens with zero attached hydrogens (tertiary/aromatic N) is 3. The number of fused-ring (bicyclic) bond motifs is 1. The molecule has 168 valence electrons. The molecule has 0 bridgehead atoms. The monoisotopic (exact) mass is 467 g/mol. The average Bonchev–Trinajstić information content (AvgIpc) is 2.86. The highest BCUT2D eigenvalue weighted by atomic mass is 32.2. The van der Waals surface area contributed by atoms with Crippen molar-refractivity contribution in [1.29, 1.82) is 0 Å². The van der Waals surface area contributed by atoms with Crippen LogP contribution in [0, 0.1) is 6.92 Å². The van der Waals surface area contributed by atoms with Crippen LogP contribution in [0.5, 0.6) is 0 Å². The first kappa shape index (κ1) is 21.6. The van der Waals surface area contributed by atoms with Crippen LogP contribution < -0.4 is 9.73 Å². The largest absolute Gasteiger partial charge is 0.295 e. The smallest absolute Gasteiger partial charge is 0.269 e. The molecule has 2 heterocycles. The van der Waals surface area contributed by atoms with E-state index in [9.17, 15) is 13.2 Å². The molecular weight excluding hydrogens is 446 g/mol. The molecule has 0 saturated carbocycles. The number of rotatable bonds is 5. The van der Waals surface area contributed by atoms with Gasteiger partial charge in [-0.3, -0.25) is 14.3 Å². The third-order valence-electron chi connectivity index (χ3n) is 5.51. The second-order valence-corrected chi connectivity index (χ2v) is 9.59. The molecule has 0 spiro atoms. The molecule has 0 saturated heterocycles. The van der Waals surface area contributed by atoms with E-state index in [0.29, 0.717) is 22.3 Å². The first-order valence-electron chi connectivity index (χ1n) is 10.7. The summed E-state index contributed by atoms with van der Waals surface area (Å²) in [6, 6.07) is 29.5. The Labute approximate surface area is 197 Å². The van der Waals surface area contributed by atoms with Gasteiger partial charge in [-0.15, -0.1) is 0 Å². The van der Waals surface area contributed by atoms with Crippen molar-refractivity contribution >= 4 is 32.4 Å². The van der Waals surface area contributed by atoms with Crippen LogP contribution >= 0.6 is 0 Å². The summed E-state index contributed by atoms with van der Waals surface area (Å²) in [7, 11) is -4.08. The summed E-state index contributed by atoms with van der Waals surface area (Å²) in [6.07, 6.45) is 1.54. The van der Waals surface area contributed by atoms with Crippen molar-refractivity contribution in [3.05, 3.63) is 125 Å². The molecule has 0 N–H and O–H groups in total. The van der Waals surface area contributed by atoms with Gasteiger partial charge in [0.15, 0.2) is 5.43 Å². The molecule has 3 aromatic carbocycles. The zero-order valence-electron chi connectivity index (χ0n) is 18.4. The molecule has 0 radical (unpaired) electrons. The summed E-state index contributed by atoms with van der Waals surface area (Å²) >= 11 is 0. The van der Waals surface area contributed by atoms with Crippen LogP contribution in [-0.4, -0.2) is 18.0 Å². The number of sulfonamides is 1. The molecular formula is C27H21N3O3S. The summed E-state index contributed by atoms with van der Waals surface area (Å²) < 4.78 is 31.1. The van der Waals surface area contributed by atoms with Gasteiger partial charge in [0.2, 0.25) is 0 Å². The minimum Gasteiger partial charge on any atom is -0.295 e. The van der Waals surface area contributed by atoms with Gasteiger partial charge in [-0.25, -0.2) is 12.7 Å². The van der Waals surface area contributed by atoms with Crippen molar-refractivity contribution in [1.82, 2.24) is 9.55 Å². The molecule has 5 aromatic rings. The van der Waals surface area contributed by atoms with E-state index in [2.05, 4.69) is 4.98 Å². The lowest BCUT2D eigenvalue weighted by Gasteiger charge is -2.28. The number of hydrogen-bond donors (Lipinski definition) is 0.